The molecule has 0 aromatic heterocycles. The highest BCUT2D eigenvalue weighted by molar-refractivity contribution is 6.43. The lowest BCUT2D eigenvalue weighted by atomic mass is 9.91. The van der Waals surface area contributed by atoms with Crippen molar-refractivity contribution < 1.29 is 19.1 Å². The number of hydrogen-bond donors (Lipinski definition) is 0. The second-order valence-electron chi connectivity index (χ2n) is 7.00. The van der Waals surface area contributed by atoms with Crippen molar-refractivity contribution in [2.45, 2.75) is 6.92 Å². The van der Waals surface area contributed by atoms with Crippen molar-refractivity contribution in [2.75, 3.05) is 19.1 Å². The monoisotopic (exact) mass is 399 g/mol. The quantitative estimate of drug-likeness (QED) is 0.470. The van der Waals surface area contributed by atoms with Crippen LogP contribution in [0.4, 0.5) is 5.69 Å². The molecule has 5 nitrogen and oxygen atoms in total. The summed E-state index contributed by atoms with van der Waals surface area (Å²) in [5.74, 6) is 0.478. The first kappa shape index (κ1) is 19.5. The SMILES string of the molecule is COc1ccc(/C=C2/C(=O)N(c3cccc(C)c3)C(=O)c3ccccc32)cc1OC. The van der Waals surface area contributed by atoms with E-state index in [2.05, 4.69) is 0 Å². The normalized spacial score (nSPS) is 14.6. The van der Waals surface area contributed by atoms with E-state index < -0.39 is 0 Å². The second kappa shape index (κ2) is 7.87. The Bertz CT molecular complexity index is 1180. The number of anilines is 1. The third-order valence-electron chi connectivity index (χ3n) is 5.06. The van der Waals surface area contributed by atoms with Gasteiger partial charge in [0, 0.05) is 11.1 Å². The van der Waals surface area contributed by atoms with Crippen molar-refractivity contribution in [3.05, 3.63) is 89.0 Å². The fourth-order valence-corrected chi connectivity index (χ4v) is 3.60. The van der Waals surface area contributed by atoms with E-state index in [9.17, 15) is 9.59 Å². The van der Waals surface area contributed by atoms with Crippen LogP contribution in [0.15, 0.2) is 66.7 Å². The van der Waals surface area contributed by atoms with Gasteiger partial charge in [0.15, 0.2) is 11.5 Å². The third-order valence-corrected chi connectivity index (χ3v) is 5.06. The highest BCUT2D eigenvalue weighted by Gasteiger charge is 2.35. The van der Waals surface area contributed by atoms with Gasteiger partial charge in [0.25, 0.3) is 11.8 Å². The van der Waals surface area contributed by atoms with Gasteiger partial charge in [0.05, 0.1) is 19.9 Å². The van der Waals surface area contributed by atoms with Gasteiger partial charge < -0.3 is 9.47 Å². The first-order chi connectivity index (χ1) is 14.5. The van der Waals surface area contributed by atoms with Crippen LogP contribution in [-0.4, -0.2) is 26.0 Å². The summed E-state index contributed by atoms with van der Waals surface area (Å²) < 4.78 is 10.7. The number of amides is 2. The van der Waals surface area contributed by atoms with Gasteiger partial charge in [0.2, 0.25) is 0 Å². The van der Waals surface area contributed by atoms with Gasteiger partial charge in [0.1, 0.15) is 0 Å². The molecule has 5 heteroatoms. The molecule has 0 atom stereocenters. The van der Waals surface area contributed by atoms with Crippen molar-refractivity contribution in [3.8, 4) is 11.5 Å². The number of imide groups is 1. The van der Waals surface area contributed by atoms with E-state index in [1.807, 2.05) is 37.3 Å². The standard InChI is InChI=1S/C25H21NO4/c1-16-7-6-8-18(13-16)26-24(27)20-10-5-4-9-19(20)21(25(26)28)14-17-11-12-22(29-2)23(15-17)30-3/h4-15H,1-3H3/b21-14+. The third kappa shape index (κ3) is 3.35. The Labute approximate surface area is 175 Å². The number of carbonyl (C=O) groups excluding carboxylic acids is 2. The van der Waals surface area contributed by atoms with Gasteiger partial charge in [-0.2, -0.15) is 0 Å². The maximum Gasteiger partial charge on any atom is 0.265 e. The first-order valence-electron chi connectivity index (χ1n) is 9.52. The second-order valence-corrected chi connectivity index (χ2v) is 7.00. The molecule has 0 fully saturated rings. The highest BCUT2D eigenvalue weighted by atomic mass is 16.5. The van der Waals surface area contributed by atoms with E-state index in [-0.39, 0.29) is 11.8 Å². The number of nitrogens with zero attached hydrogens (tertiary/aromatic N) is 1. The summed E-state index contributed by atoms with van der Waals surface area (Å²) in [6.45, 7) is 1.93. The number of benzene rings is 3. The molecule has 1 aliphatic rings. The molecule has 0 saturated heterocycles. The summed E-state index contributed by atoms with van der Waals surface area (Å²) in [5, 5.41) is 0. The summed E-state index contributed by atoms with van der Waals surface area (Å²) in [6.07, 6.45) is 1.78. The van der Waals surface area contributed by atoms with Crippen LogP contribution >= 0.6 is 0 Å². The van der Waals surface area contributed by atoms with Crippen molar-refractivity contribution in [1.82, 2.24) is 0 Å². The van der Waals surface area contributed by atoms with Crippen LogP contribution in [0.3, 0.4) is 0 Å². The molecule has 0 unspecified atom stereocenters. The molecule has 0 bridgehead atoms. The summed E-state index contributed by atoms with van der Waals surface area (Å²) in [7, 11) is 3.14. The lowest BCUT2D eigenvalue weighted by Crippen LogP contribution is -2.41. The van der Waals surface area contributed by atoms with Crippen molar-refractivity contribution in [3.63, 3.8) is 0 Å². The zero-order chi connectivity index (χ0) is 21.3. The van der Waals surface area contributed by atoms with E-state index in [0.717, 1.165) is 11.1 Å². The maximum absolute atomic E-state index is 13.5. The molecular weight excluding hydrogens is 378 g/mol. The smallest absolute Gasteiger partial charge is 0.265 e. The molecule has 0 N–H and O–H groups in total. The average Bonchev–Trinajstić information content (AvgIpc) is 2.76. The van der Waals surface area contributed by atoms with E-state index in [1.54, 1.807) is 56.7 Å². The number of rotatable bonds is 4. The summed E-state index contributed by atoms with van der Waals surface area (Å²) in [5.41, 5.74) is 3.84. The number of fused-ring (bicyclic) bond motifs is 1. The molecule has 150 valence electrons. The predicted octanol–water partition coefficient (Wildman–Crippen LogP) is 4.74. The van der Waals surface area contributed by atoms with Crippen LogP contribution in [0.25, 0.3) is 11.6 Å². The van der Waals surface area contributed by atoms with E-state index in [4.69, 9.17) is 9.47 Å². The fourth-order valence-electron chi connectivity index (χ4n) is 3.60. The average molecular weight is 399 g/mol. The van der Waals surface area contributed by atoms with Gasteiger partial charge in [-0.3, -0.25) is 9.59 Å². The molecule has 30 heavy (non-hydrogen) atoms. The molecule has 1 heterocycles. The Hall–Kier alpha value is -3.86. The molecule has 4 rings (SSSR count). The van der Waals surface area contributed by atoms with Crippen LogP contribution in [0.5, 0.6) is 11.5 Å². The van der Waals surface area contributed by atoms with Gasteiger partial charge in [-0.15, -0.1) is 0 Å². The maximum atomic E-state index is 13.5. The molecule has 0 saturated carbocycles. The van der Waals surface area contributed by atoms with E-state index in [0.29, 0.717) is 33.9 Å². The first-order valence-corrected chi connectivity index (χ1v) is 9.52. The van der Waals surface area contributed by atoms with Crippen LogP contribution in [-0.2, 0) is 4.79 Å². The minimum absolute atomic E-state index is 0.328. The van der Waals surface area contributed by atoms with E-state index >= 15 is 0 Å². The van der Waals surface area contributed by atoms with Gasteiger partial charge in [-0.05, 0) is 60.0 Å². The number of aryl methyl sites for hydroxylation is 1. The molecule has 0 aliphatic carbocycles. The largest absolute Gasteiger partial charge is 0.493 e. The molecule has 3 aromatic carbocycles. The molecule has 2 amide bonds. The molecule has 0 radical (unpaired) electrons. The molecule has 3 aromatic rings. The number of methoxy groups -OCH3 is 2. The van der Waals surface area contributed by atoms with Gasteiger partial charge in [-0.1, -0.05) is 36.4 Å². The number of hydrogen-bond acceptors (Lipinski definition) is 4. The lowest BCUT2D eigenvalue weighted by Gasteiger charge is -2.29. The van der Waals surface area contributed by atoms with Crippen LogP contribution in [0.1, 0.15) is 27.0 Å². The minimum atomic E-state index is -0.362. The molecule has 0 spiro atoms. The van der Waals surface area contributed by atoms with Gasteiger partial charge >= 0.3 is 0 Å². The minimum Gasteiger partial charge on any atom is -0.493 e. The Morgan fingerprint density at radius 2 is 1.50 bits per heavy atom. The summed E-state index contributed by atoms with van der Waals surface area (Å²) >= 11 is 0. The highest BCUT2D eigenvalue weighted by Crippen LogP contribution is 2.35. The Morgan fingerprint density at radius 3 is 2.20 bits per heavy atom. The molecular formula is C25H21NO4. The van der Waals surface area contributed by atoms with E-state index in [1.165, 1.54) is 4.90 Å². The number of ether oxygens (including phenoxy) is 2. The zero-order valence-corrected chi connectivity index (χ0v) is 17.0. The van der Waals surface area contributed by atoms with Gasteiger partial charge in [-0.25, -0.2) is 4.90 Å². The van der Waals surface area contributed by atoms with Crippen LogP contribution in [0.2, 0.25) is 0 Å². The lowest BCUT2D eigenvalue weighted by molar-refractivity contribution is -0.112. The zero-order valence-electron chi connectivity index (χ0n) is 17.0. The summed E-state index contributed by atoms with van der Waals surface area (Å²) in [4.78, 5) is 27.9. The number of carbonyl (C=O) groups is 2. The molecule has 1 aliphatic heterocycles. The topological polar surface area (TPSA) is 55.8 Å². The Kier molecular flexibility index (Phi) is 5.11. The van der Waals surface area contributed by atoms with Crippen molar-refractivity contribution in [2.24, 2.45) is 0 Å². The predicted molar refractivity (Wildman–Crippen MR) is 117 cm³/mol. The van der Waals surface area contributed by atoms with Crippen molar-refractivity contribution in [1.29, 1.82) is 0 Å². The van der Waals surface area contributed by atoms with Crippen LogP contribution < -0.4 is 14.4 Å². The Balaban J connectivity index is 1.88. The van der Waals surface area contributed by atoms with Crippen LogP contribution in [0, 0.1) is 6.92 Å². The summed E-state index contributed by atoms with van der Waals surface area (Å²) in [6, 6.07) is 20.0. The van der Waals surface area contributed by atoms with Crippen molar-refractivity contribution >= 4 is 29.2 Å². The Morgan fingerprint density at radius 1 is 0.767 bits per heavy atom. The fraction of sp³-hybridized carbons (Fsp3) is 0.120.